The predicted molar refractivity (Wildman–Crippen MR) is 95.8 cm³/mol. The van der Waals surface area contributed by atoms with Crippen LogP contribution in [-0.4, -0.2) is 18.3 Å². The first kappa shape index (κ1) is 16.6. The molecular formula is C19H22BClO2. The fourth-order valence-corrected chi connectivity index (χ4v) is 2.99. The van der Waals surface area contributed by atoms with E-state index in [1.165, 1.54) is 5.56 Å². The molecule has 0 saturated carbocycles. The molecule has 3 rings (SSSR count). The Kier molecular flexibility index (Phi) is 4.30. The quantitative estimate of drug-likeness (QED) is 0.729. The van der Waals surface area contributed by atoms with E-state index in [1.54, 1.807) is 0 Å². The van der Waals surface area contributed by atoms with Crippen LogP contribution in [0.4, 0.5) is 0 Å². The van der Waals surface area contributed by atoms with E-state index < -0.39 is 0 Å². The molecule has 0 bridgehead atoms. The van der Waals surface area contributed by atoms with Crippen LogP contribution in [-0.2, 0) is 9.31 Å². The van der Waals surface area contributed by atoms with Crippen LogP contribution < -0.4 is 0 Å². The Hall–Kier alpha value is -1.29. The molecule has 1 saturated heterocycles. The van der Waals surface area contributed by atoms with Gasteiger partial charge in [0.25, 0.3) is 0 Å². The van der Waals surface area contributed by atoms with Crippen LogP contribution in [0.2, 0.25) is 5.02 Å². The molecule has 120 valence electrons. The monoisotopic (exact) mass is 328 g/mol. The Balaban J connectivity index is 2.02. The van der Waals surface area contributed by atoms with Crippen LogP contribution in [0.5, 0.6) is 0 Å². The molecule has 0 aliphatic carbocycles. The van der Waals surface area contributed by atoms with Crippen LogP contribution in [0.25, 0.3) is 0 Å². The van der Waals surface area contributed by atoms with Gasteiger partial charge < -0.3 is 9.31 Å². The Labute approximate surface area is 143 Å². The molecule has 2 aromatic rings. The minimum Gasteiger partial charge on any atom is -0.403 e. The molecule has 0 aromatic heterocycles. The topological polar surface area (TPSA) is 18.5 Å². The lowest BCUT2D eigenvalue weighted by Crippen LogP contribution is -2.41. The van der Waals surface area contributed by atoms with E-state index in [0.717, 1.165) is 10.6 Å². The molecule has 0 N–H and O–H groups in total. The van der Waals surface area contributed by atoms with Gasteiger partial charge >= 0.3 is 7.12 Å². The van der Waals surface area contributed by atoms with E-state index >= 15 is 0 Å². The van der Waals surface area contributed by atoms with Gasteiger partial charge in [0.2, 0.25) is 0 Å². The van der Waals surface area contributed by atoms with Crippen molar-refractivity contribution in [2.24, 2.45) is 0 Å². The SMILES string of the molecule is CC1(C)OB(C(c2ccccc2)c2ccc(Cl)cc2)OC1(C)C. The van der Waals surface area contributed by atoms with E-state index in [4.69, 9.17) is 20.9 Å². The van der Waals surface area contributed by atoms with Gasteiger partial charge in [-0.1, -0.05) is 54.1 Å². The highest BCUT2D eigenvalue weighted by Gasteiger charge is 2.54. The second-order valence-electron chi connectivity index (χ2n) is 7.06. The Morgan fingerprint density at radius 3 is 1.78 bits per heavy atom. The third-order valence-electron chi connectivity index (χ3n) is 4.93. The van der Waals surface area contributed by atoms with Crippen LogP contribution in [0.15, 0.2) is 54.6 Å². The molecule has 1 aliphatic heterocycles. The molecule has 0 amide bonds. The van der Waals surface area contributed by atoms with Gasteiger partial charge in [-0.05, 0) is 51.0 Å². The van der Waals surface area contributed by atoms with Gasteiger partial charge in [0.05, 0.1) is 11.2 Å². The summed E-state index contributed by atoms with van der Waals surface area (Å²) in [5, 5.41) is 0.731. The lowest BCUT2D eigenvalue weighted by molar-refractivity contribution is 0.00578. The van der Waals surface area contributed by atoms with Crippen molar-refractivity contribution in [2.75, 3.05) is 0 Å². The lowest BCUT2D eigenvalue weighted by atomic mass is 9.64. The average Bonchev–Trinajstić information content (AvgIpc) is 2.70. The summed E-state index contributed by atoms with van der Waals surface area (Å²) in [5.74, 6) is 0.00881. The molecule has 1 aliphatic rings. The van der Waals surface area contributed by atoms with Gasteiger partial charge in [-0.3, -0.25) is 0 Å². The van der Waals surface area contributed by atoms with Crippen molar-refractivity contribution in [2.45, 2.75) is 44.7 Å². The number of rotatable bonds is 3. The maximum absolute atomic E-state index is 6.31. The Bertz CT molecular complexity index is 652. The highest BCUT2D eigenvalue weighted by molar-refractivity contribution is 6.48. The summed E-state index contributed by atoms with van der Waals surface area (Å²) in [4.78, 5) is 0. The minimum absolute atomic E-state index is 0.00881. The second-order valence-corrected chi connectivity index (χ2v) is 7.50. The van der Waals surface area contributed by atoms with E-state index in [9.17, 15) is 0 Å². The van der Waals surface area contributed by atoms with E-state index in [2.05, 4.69) is 39.8 Å². The zero-order valence-corrected chi connectivity index (χ0v) is 14.8. The summed E-state index contributed by atoms with van der Waals surface area (Å²) in [6.07, 6.45) is 0. The molecule has 23 heavy (non-hydrogen) atoms. The number of halogens is 1. The summed E-state index contributed by atoms with van der Waals surface area (Å²) in [6, 6.07) is 18.3. The molecule has 1 atom stereocenters. The number of hydrogen-bond donors (Lipinski definition) is 0. The van der Waals surface area contributed by atoms with Gasteiger partial charge in [-0.2, -0.15) is 0 Å². The van der Waals surface area contributed by atoms with Crippen LogP contribution in [0.1, 0.15) is 44.6 Å². The summed E-state index contributed by atoms with van der Waals surface area (Å²) >= 11 is 6.05. The van der Waals surface area contributed by atoms with Crippen LogP contribution >= 0.6 is 11.6 Å². The molecule has 2 aromatic carbocycles. The van der Waals surface area contributed by atoms with E-state index in [1.807, 2.05) is 42.5 Å². The fraction of sp³-hybridized carbons (Fsp3) is 0.368. The molecular weight excluding hydrogens is 306 g/mol. The van der Waals surface area contributed by atoms with Crippen molar-refractivity contribution in [1.82, 2.24) is 0 Å². The molecule has 1 fully saturated rings. The average molecular weight is 329 g/mol. The van der Waals surface area contributed by atoms with Crippen molar-refractivity contribution in [3.05, 3.63) is 70.7 Å². The first-order valence-electron chi connectivity index (χ1n) is 7.96. The third kappa shape index (κ3) is 3.19. The fourth-order valence-electron chi connectivity index (χ4n) is 2.86. The van der Waals surface area contributed by atoms with Gasteiger partial charge in [0.15, 0.2) is 0 Å². The van der Waals surface area contributed by atoms with Crippen molar-refractivity contribution < 1.29 is 9.31 Å². The molecule has 1 heterocycles. The largest absolute Gasteiger partial charge is 0.470 e. The van der Waals surface area contributed by atoms with E-state index in [-0.39, 0.29) is 24.1 Å². The Morgan fingerprint density at radius 1 is 0.783 bits per heavy atom. The molecule has 1 unspecified atom stereocenters. The third-order valence-corrected chi connectivity index (χ3v) is 5.18. The highest BCUT2D eigenvalue weighted by atomic mass is 35.5. The molecule has 4 heteroatoms. The standard InChI is InChI=1S/C19H22BClO2/c1-18(2)19(3,4)23-20(22-18)17(14-8-6-5-7-9-14)15-10-12-16(21)13-11-15/h5-13,17H,1-4H3. The van der Waals surface area contributed by atoms with Crippen molar-refractivity contribution >= 4 is 18.7 Å². The van der Waals surface area contributed by atoms with E-state index in [0.29, 0.717) is 0 Å². The van der Waals surface area contributed by atoms with Gasteiger partial charge in [-0.15, -0.1) is 0 Å². The van der Waals surface area contributed by atoms with Crippen LogP contribution in [0.3, 0.4) is 0 Å². The van der Waals surface area contributed by atoms with Gasteiger partial charge in [-0.25, -0.2) is 0 Å². The Morgan fingerprint density at radius 2 is 1.26 bits per heavy atom. The smallest absolute Gasteiger partial charge is 0.403 e. The maximum Gasteiger partial charge on any atom is 0.470 e. The lowest BCUT2D eigenvalue weighted by Gasteiger charge is -2.32. The van der Waals surface area contributed by atoms with Crippen LogP contribution in [0, 0.1) is 0 Å². The normalized spacial score (nSPS) is 20.5. The summed E-state index contributed by atoms with van der Waals surface area (Å²) in [6.45, 7) is 8.32. The summed E-state index contributed by atoms with van der Waals surface area (Å²) in [7, 11) is -0.330. The van der Waals surface area contributed by atoms with Crippen molar-refractivity contribution in [3.8, 4) is 0 Å². The van der Waals surface area contributed by atoms with Crippen molar-refractivity contribution in [1.29, 1.82) is 0 Å². The molecule has 0 radical (unpaired) electrons. The minimum atomic E-state index is -0.350. The second kappa shape index (κ2) is 5.97. The van der Waals surface area contributed by atoms with Gasteiger partial charge in [0, 0.05) is 10.8 Å². The maximum atomic E-state index is 6.31. The molecule has 0 spiro atoms. The first-order chi connectivity index (χ1) is 10.8. The number of hydrogen-bond acceptors (Lipinski definition) is 2. The predicted octanol–water partition coefficient (Wildman–Crippen LogP) is 5.10. The number of benzene rings is 2. The summed E-state index contributed by atoms with van der Waals surface area (Å²) in [5.41, 5.74) is 1.61. The zero-order chi connectivity index (χ0) is 16.7. The van der Waals surface area contributed by atoms with Crippen molar-refractivity contribution in [3.63, 3.8) is 0 Å². The molecule has 2 nitrogen and oxygen atoms in total. The summed E-state index contributed by atoms with van der Waals surface area (Å²) < 4.78 is 12.6. The zero-order valence-electron chi connectivity index (χ0n) is 14.0. The van der Waals surface area contributed by atoms with Gasteiger partial charge in [0.1, 0.15) is 0 Å². The first-order valence-corrected chi connectivity index (χ1v) is 8.34. The highest BCUT2D eigenvalue weighted by Crippen LogP contribution is 2.42.